The number of fused-ring (bicyclic) bond motifs is 1. The van der Waals surface area contributed by atoms with Crippen LogP contribution < -0.4 is 10.2 Å². The summed E-state index contributed by atoms with van der Waals surface area (Å²) in [5.74, 6) is -0.139. The van der Waals surface area contributed by atoms with E-state index in [4.69, 9.17) is 0 Å². The Hall–Kier alpha value is -3.35. The fraction of sp³-hybridized carbons (Fsp3) is 0.353. The normalized spacial score (nSPS) is 18.6. The zero-order chi connectivity index (χ0) is 27.9. The van der Waals surface area contributed by atoms with Crippen LogP contribution in [0.25, 0.3) is 6.08 Å². The average Bonchev–Trinajstić information content (AvgIpc) is 2.98. The SMILES string of the molecule is CCC1CCCCN1CCCNC(=O)c1ccc2c(c1)N(Cc1cccc(C)c1)C(=O)C(=Cc1ccccc1)S2. The molecule has 0 aromatic heterocycles. The third kappa shape index (κ3) is 6.86. The molecule has 6 heteroatoms. The second-order valence-corrected chi connectivity index (χ2v) is 11.9. The summed E-state index contributed by atoms with van der Waals surface area (Å²) in [5.41, 5.74) is 4.57. The van der Waals surface area contributed by atoms with Crippen LogP contribution in [-0.4, -0.2) is 42.4 Å². The minimum atomic E-state index is -0.0907. The summed E-state index contributed by atoms with van der Waals surface area (Å²) in [6.45, 7) is 7.61. The molecule has 5 rings (SSSR count). The Morgan fingerprint density at radius 2 is 1.90 bits per heavy atom. The summed E-state index contributed by atoms with van der Waals surface area (Å²) in [6.07, 6.45) is 7.97. The molecular weight excluding hydrogens is 514 g/mol. The molecule has 0 spiro atoms. The molecule has 1 atom stereocenters. The van der Waals surface area contributed by atoms with Gasteiger partial charge in [0, 0.05) is 29.6 Å². The molecule has 2 heterocycles. The zero-order valence-electron chi connectivity index (χ0n) is 23.6. The van der Waals surface area contributed by atoms with Crippen molar-refractivity contribution in [1.82, 2.24) is 10.2 Å². The Morgan fingerprint density at radius 1 is 1.05 bits per heavy atom. The van der Waals surface area contributed by atoms with E-state index in [2.05, 4.69) is 36.2 Å². The first-order valence-corrected chi connectivity index (χ1v) is 15.3. The highest BCUT2D eigenvalue weighted by atomic mass is 32.2. The summed E-state index contributed by atoms with van der Waals surface area (Å²) in [4.78, 5) is 33.0. The Labute approximate surface area is 242 Å². The number of benzene rings is 3. The van der Waals surface area contributed by atoms with Gasteiger partial charge in [-0.3, -0.25) is 9.59 Å². The average molecular weight is 554 g/mol. The molecule has 208 valence electrons. The Morgan fingerprint density at radius 3 is 2.70 bits per heavy atom. The van der Waals surface area contributed by atoms with E-state index in [0.29, 0.717) is 29.6 Å². The zero-order valence-corrected chi connectivity index (χ0v) is 24.4. The minimum Gasteiger partial charge on any atom is -0.352 e. The first kappa shape index (κ1) is 28.2. The number of hydrogen-bond acceptors (Lipinski definition) is 4. The lowest BCUT2D eigenvalue weighted by Crippen LogP contribution is -2.40. The Balaban J connectivity index is 1.33. The molecule has 40 heavy (non-hydrogen) atoms. The van der Waals surface area contributed by atoms with Crippen molar-refractivity contribution in [2.45, 2.75) is 63.4 Å². The molecule has 3 aromatic rings. The first-order valence-electron chi connectivity index (χ1n) is 14.5. The van der Waals surface area contributed by atoms with Gasteiger partial charge < -0.3 is 15.1 Å². The van der Waals surface area contributed by atoms with Crippen LogP contribution >= 0.6 is 11.8 Å². The number of anilines is 1. The molecule has 0 radical (unpaired) electrons. The Bertz CT molecular complexity index is 1370. The second-order valence-electron chi connectivity index (χ2n) is 10.8. The monoisotopic (exact) mass is 553 g/mol. The van der Waals surface area contributed by atoms with E-state index < -0.39 is 0 Å². The highest BCUT2D eigenvalue weighted by molar-refractivity contribution is 8.04. The second kappa shape index (κ2) is 13.3. The van der Waals surface area contributed by atoms with Gasteiger partial charge in [0.05, 0.1) is 17.1 Å². The van der Waals surface area contributed by atoms with Crippen LogP contribution in [0.5, 0.6) is 0 Å². The predicted molar refractivity (Wildman–Crippen MR) is 166 cm³/mol. The van der Waals surface area contributed by atoms with Crippen LogP contribution in [0, 0.1) is 6.92 Å². The van der Waals surface area contributed by atoms with Crippen LogP contribution in [-0.2, 0) is 11.3 Å². The van der Waals surface area contributed by atoms with Crippen LogP contribution in [0.15, 0.2) is 82.6 Å². The third-order valence-corrected chi connectivity index (χ3v) is 8.91. The quantitative estimate of drug-likeness (QED) is 0.228. The van der Waals surface area contributed by atoms with E-state index in [1.807, 2.05) is 71.6 Å². The van der Waals surface area contributed by atoms with Gasteiger partial charge in [0.1, 0.15) is 0 Å². The molecule has 2 amide bonds. The maximum absolute atomic E-state index is 13.8. The first-order chi connectivity index (χ1) is 19.5. The summed E-state index contributed by atoms with van der Waals surface area (Å²) >= 11 is 1.47. The van der Waals surface area contributed by atoms with Crippen molar-refractivity contribution >= 4 is 35.3 Å². The molecule has 1 unspecified atom stereocenters. The van der Waals surface area contributed by atoms with Crippen molar-refractivity contribution in [3.8, 4) is 0 Å². The Kier molecular flexibility index (Phi) is 9.40. The van der Waals surface area contributed by atoms with E-state index >= 15 is 0 Å². The van der Waals surface area contributed by atoms with Crippen molar-refractivity contribution in [2.24, 2.45) is 0 Å². The fourth-order valence-electron chi connectivity index (χ4n) is 5.71. The van der Waals surface area contributed by atoms with E-state index in [9.17, 15) is 9.59 Å². The lowest BCUT2D eigenvalue weighted by Gasteiger charge is -2.35. The summed E-state index contributed by atoms with van der Waals surface area (Å²) in [7, 11) is 0. The number of piperidine rings is 1. The number of nitrogens with one attached hydrogen (secondary N) is 1. The number of amides is 2. The smallest absolute Gasteiger partial charge is 0.265 e. The van der Waals surface area contributed by atoms with Gasteiger partial charge in [-0.2, -0.15) is 0 Å². The number of thioether (sulfide) groups is 1. The van der Waals surface area contributed by atoms with Gasteiger partial charge in [-0.05, 0) is 74.6 Å². The van der Waals surface area contributed by atoms with E-state index in [-0.39, 0.29) is 11.8 Å². The lowest BCUT2D eigenvalue weighted by atomic mass is 10.00. The molecule has 5 nitrogen and oxygen atoms in total. The third-order valence-electron chi connectivity index (χ3n) is 7.84. The van der Waals surface area contributed by atoms with Gasteiger partial charge in [0.2, 0.25) is 0 Å². The van der Waals surface area contributed by atoms with Crippen LogP contribution in [0.1, 0.15) is 66.1 Å². The molecule has 3 aromatic carbocycles. The van der Waals surface area contributed by atoms with Crippen LogP contribution in [0.4, 0.5) is 5.69 Å². The molecule has 2 aliphatic heterocycles. The summed E-state index contributed by atoms with van der Waals surface area (Å²) in [5, 5.41) is 3.12. The number of likely N-dealkylation sites (tertiary alicyclic amines) is 1. The number of carbonyl (C=O) groups excluding carboxylic acids is 2. The summed E-state index contributed by atoms with van der Waals surface area (Å²) in [6, 6.07) is 24.6. The number of rotatable bonds is 9. The molecule has 2 aliphatic rings. The van der Waals surface area contributed by atoms with Gasteiger partial charge in [-0.25, -0.2) is 0 Å². The number of hydrogen-bond donors (Lipinski definition) is 1. The molecule has 0 bridgehead atoms. The highest BCUT2D eigenvalue weighted by Gasteiger charge is 2.30. The highest BCUT2D eigenvalue weighted by Crippen LogP contribution is 2.43. The van der Waals surface area contributed by atoms with Crippen molar-refractivity contribution < 1.29 is 9.59 Å². The lowest BCUT2D eigenvalue weighted by molar-refractivity contribution is -0.114. The molecule has 1 N–H and O–H groups in total. The molecule has 0 aliphatic carbocycles. The van der Waals surface area contributed by atoms with Crippen molar-refractivity contribution in [2.75, 3.05) is 24.5 Å². The maximum Gasteiger partial charge on any atom is 0.265 e. The van der Waals surface area contributed by atoms with Crippen molar-refractivity contribution in [3.63, 3.8) is 0 Å². The van der Waals surface area contributed by atoms with Gasteiger partial charge in [0.25, 0.3) is 11.8 Å². The van der Waals surface area contributed by atoms with Gasteiger partial charge in [0.15, 0.2) is 0 Å². The predicted octanol–water partition coefficient (Wildman–Crippen LogP) is 7.06. The van der Waals surface area contributed by atoms with E-state index in [0.717, 1.165) is 40.2 Å². The minimum absolute atomic E-state index is 0.0487. The maximum atomic E-state index is 13.8. The molecule has 0 saturated carbocycles. The molecule has 1 saturated heterocycles. The van der Waals surface area contributed by atoms with Crippen molar-refractivity contribution in [1.29, 1.82) is 0 Å². The number of nitrogens with zero attached hydrogens (tertiary/aromatic N) is 2. The number of carbonyl (C=O) groups is 2. The van der Waals surface area contributed by atoms with E-state index in [1.54, 1.807) is 0 Å². The fourth-order valence-corrected chi connectivity index (χ4v) is 6.74. The van der Waals surface area contributed by atoms with Gasteiger partial charge in [-0.1, -0.05) is 85.3 Å². The number of aryl methyl sites for hydroxylation is 1. The van der Waals surface area contributed by atoms with Gasteiger partial charge in [-0.15, -0.1) is 0 Å². The van der Waals surface area contributed by atoms with Crippen molar-refractivity contribution in [3.05, 3.63) is 100.0 Å². The largest absolute Gasteiger partial charge is 0.352 e. The standard InChI is InChI=1S/C34H39N3O2S/c1-3-29-15-7-8-19-36(29)20-10-18-35-33(38)28-16-17-31-30(23-28)37(24-27-14-9-11-25(2)21-27)34(39)32(40-31)22-26-12-5-4-6-13-26/h4-6,9,11-14,16-17,21-23,29H,3,7-8,10,15,18-20,24H2,1-2H3,(H,35,38). The summed E-state index contributed by atoms with van der Waals surface area (Å²) < 4.78 is 0. The topological polar surface area (TPSA) is 52.7 Å². The van der Waals surface area contributed by atoms with E-state index in [1.165, 1.54) is 44.0 Å². The molecule has 1 fully saturated rings. The van der Waals surface area contributed by atoms with Crippen LogP contribution in [0.2, 0.25) is 0 Å². The van der Waals surface area contributed by atoms with Crippen LogP contribution in [0.3, 0.4) is 0 Å². The van der Waals surface area contributed by atoms with Gasteiger partial charge >= 0.3 is 0 Å². The molecular formula is C34H39N3O2S.